The van der Waals surface area contributed by atoms with Crippen molar-refractivity contribution in [3.05, 3.63) is 62.6 Å². The van der Waals surface area contributed by atoms with Gasteiger partial charge in [-0.1, -0.05) is 29.3 Å². The molecule has 3 rings (SSSR count). The van der Waals surface area contributed by atoms with Gasteiger partial charge in [0, 0.05) is 22.7 Å². The van der Waals surface area contributed by atoms with E-state index in [2.05, 4.69) is 9.71 Å². The van der Waals surface area contributed by atoms with Crippen molar-refractivity contribution in [2.45, 2.75) is 11.4 Å². The van der Waals surface area contributed by atoms with E-state index in [1.165, 1.54) is 24.3 Å². The number of fused-ring (bicyclic) bond motifs is 1. The summed E-state index contributed by atoms with van der Waals surface area (Å²) in [6, 6.07) is 8.91. The monoisotopic (exact) mass is 372 g/mol. The lowest BCUT2D eigenvalue weighted by atomic mass is 10.2. The molecule has 0 spiro atoms. The number of halogens is 2. The molecule has 0 atom stereocenters. The normalized spacial score (nSPS) is 11.9. The third-order valence-corrected chi connectivity index (χ3v) is 5.16. The molecule has 120 valence electrons. The van der Waals surface area contributed by atoms with E-state index in [1.807, 2.05) is 0 Å². The van der Waals surface area contributed by atoms with Gasteiger partial charge in [-0.3, -0.25) is 4.98 Å². The fourth-order valence-corrected chi connectivity index (χ4v) is 3.51. The molecule has 3 aromatic rings. The molecular formula is C14H10Cl2N2O4S. The molecular weight excluding hydrogens is 363 g/mol. The van der Waals surface area contributed by atoms with Gasteiger partial charge >= 0.3 is 5.76 Å². The molecule has 2 N–H and O–H groups in total. The molecule has 1 aromatic heterocycles. The van der Waals surface area contributed by atoms with Crippen LogP contribution in [0.5, 0.6) is 0 Å². The van der Waals surface area contributed by atoms with Crippen molar-refractivity contribution in [3.8, 4) is 0 Å². The Morgan fingerprint density at radius 3 is 2.65 bits per heavy atom. The van der Waals surface area contributed by atoms with Gasteiger partial charge in [0.15, 0.2) is 5.58 Å². The Balaban J connectivity index is 1.86. The number of hydrogen-bond acceptors (Lipinski definition) is 4. The molecule has 23 heavy (non-hydrogen) atoms. The summed E-state index contributed by atoms with van der Waals surface area (Å²) in [5.41, 5.74) is 1.19. The Hall–Kier alpha value is -1.80. The van der Waals surface area contributed by atoms with Crippen LogP contribution in [-0.4, -0.2) is 13.4 Å². The fraction of sp³-hybridized carbons (Fsp3) is 0.0714. The molecule has 0 aliphatic rings. The van der Waals surface area contributed by atoms with Crippen molar-refractivity contribution in [1.29, 1.82) is 0 Å². The zero-order valence-electron chi connectivity index (χ0n) is 11.5. The van der Waals surface area contributed by atoms with Gasteiger partial charge in [0.05, 0.1) is 10.4 Å². The summed E-state index contributed by atoms with van der Waals surface area (Å²) in [5, 5.41) is 0.835. The average Bonchev–Trinajstić information content (AvgIpc) is 2.85. The maximum Gasteiger partial charge on any atom is 0.417 e. The van der Waals surface area contributed by atoms with Crippen molar-refractivity contribution < 1.29 is 12.8 Å². The summed E-state index contributed by atoms with van der Waals surface area (Å²) in [4.78, 5) is 13.5. The molecule has 0 amide bonds. The molecule has 0 aliphatic carbocycles. The van der Waals surface area contributed by atoms with E-state index >= 15 is 0 Å². The van der Waals surface area contributed by atoms with Crippen LogP contribution in [0.3, 0.4) is 0 Å². The predicted molar refractivity (Wildman–Crippen MR) is 87.3 cm³/mol. The largest absolute Gasteiger partial charge is 0.417 e. The highest BCUT2D eigenvalue weighted by Gasteiger charge is 2.16. The SMILES string of the molecule is O=c1[nH]c2ccc(S(=O)(=O)NCc3ccc(Cl)cc3Cl)cc2o1. The van der Waals surface area contributed by atoms with Crippen LogP contribution in [0.1, 0.15) is 5.56 Å². The summed E-state index contributed by atoms with van der Waals surface area (Å²) < 4.78 is 31.9. The van der Waals surface area contributed by atoms with Crippen LogP contribution in [0.2, 0.25) is 10.0 Å². The predicted octanol–water partition coefficient (Wildman–Crippen LogP) is 2.91. The minimum Gasteiger partial charge on any atom is -0.408 e. The van der Waals surface area contributed by atoms with E-state index in [1.54, 1.807) is 12.1 Å². The van der Waals surface area contributed by atoms with Crippen LogP contribution in [0.15, 0.2) is 50.5 Å². The molecule has 9 heteroatoms. The lowest BCUT2D eigenvalue weighted by Crippen LogP contribution is -2.23. The van der Waals surface area contributed by atoms with E-state index in [0.29, 0.717) is 21.1 Å². The molecule has 6 nitrogen and oxygen atoms in total. The van der Waals surface area contributed by atoms with E-state index in [-0.39, 0.29) is 17.0 Å². The van der Waals surface area contributed by atoms with Crippen molar-refractivity contribution in [2.75, 3.05) is 0 Å². The van der Waals surface area contributed by atoms with Gasteiger partial charge in [-0.2, -0.15) is 0 Å². The Bertz CT molecular complexity index is 1040. The zero-order chi connectivity index (χ0) is 16.6. The Morgan fingerprint density at radius 2 is 1.91 bits per heavy atom. The van der Waals surface area contributed by atoms with Crippen molar-refractivity contribution in [3.63, 3.8) is 0 Å². The van der Waals surface area contributed by atoms with Crippen LogP contribution in [0.25, 0.3) is 11.1 Å². The first-order valence-corrected chi connectivity index (χ1v) is 8.65. The maximum absolute atomic E-state index is 12.3. The Morgan fingerprint density at radius 1 is 1.13 bits per heavy atom. The topological polar surface area (TPSA) is 92.2 Å². The van der Waals surface area contributed by atoms with Crippen molar-refractivity contribution >= 4 is 44.3 Å². The first kappa shape index (κ1) is 16.1. The van der Waals surface area contributed by atoms with E-state index < -0.39 is 15.8 Å². The number of nitrogens with one attached hydrogen (secondary N) is 2. The third-order valence-electron chi connectivity index (χ3n) is 3.17. The van der Waals surface area contributed by atoms with E-state index in [0.717, 1.165) is 0 Å². The first-order valence-electron chi connectivity index (χ1n) is 6.42. The zero-order valence-corrected chi connectivity index (χ0v) is 13.8. The molecule has 0 bridgehead atoms. The standard InChI is InChI=1S/C14H10Cl2N2O4S/c15-9-2-1-8(11(16)5-9)7-17-23(20,21)10-3-4-12-13(6-10)22-14(19)18-12/h1-6,17H,7H2,(H,18,19). The van der Waals surface area contributed by atoms with Crippen LogP contribution in [0.4, 0.5) is 0 Å². The molecule has 0 saturated heterocycles. The summed E-state index contributed by atoms with van der Waals surface area (Å²) in [6.45, 7) is 0.00740. The summed E-state index contributed by atoms with van der Waals surface area (Å²) in [6.07, 6.45) is 0. The molecule has 0 radical (unpaired) electrons. The average molecular weight is 373 g/mol. The van der Waals surface area contributed by atoms with Crippen LogP contribution in [0, 0.1) is 0 Å². The fourth-order valence-electron chi connectivity index (χ4n) is 2.01. The maximum atomic E-state index is 12.3. The molecule has 2 aromatic carbocycles. The second kappa shape index (κ2) is 6.01. The van der Waals surface area contributed by atoms with Crippen LogP contribution < -0.4 is 10.5 Å². The van der Waals surface area contributed by atoms with Crippen molar-refractivity contribution in [1.82, 2.24) is 9.71 Å². The van der Waals surface area contributed by atoms with E-state index in [4.69, 9.17) is 27.6 Å². The van der Waals surface area contributed by atoms with Gasteiger partial charge in [0.25, 0.3) is 0 Å². The van der Waals surface area contributed by atoms with Gasteiger partial charge in [0.1, 0.15) is 0 Å². The second-order valence-corrected chi connectivity index (χ2v) is 7.34. The lowest BCUT2D eigenvalue weighted by molar-refractivity contribution is 0.553. The molecule has 0 unspecified atom stereocenters. The van der Waals surface area contributed by atoms with Crippen LogP contribution >= 0.6 is 23.2 Å². The third kappa shape index (κ3) is 3.42. The molecule has 0 saturated carbocycles. The number of benzene rings is 2. The highest BCUT2D eigenvalue weighted by Crippen LogP contribution is 2.22. The smallest absolute Gasteiger partial charge is 0.408 e. The van der Waals surface area contributed by atoms with Crippen LogP contribution in [-0.2, 0) is 16.6 Å². The number of H-pyrrole nitrogens is 1. The minimum atomic E-state index is -3.79. The molecule has 0 fully saturated rings. The number of sulfonamides is 1. The molecule has 0 aliphatic heterocycles. The number of oxazole rings is 1. The number of aromatic amines is 1. The lowest BCUT2D eigenvalue weighted by Gasteiger charge is -2.08. The van der Waals surface area contributed by atoms with Gasteiger partial charge in [0.2, 0.25) is 10.0 Å². The Kier molecular flexibility index (Phi) is 4.20. The quantitative estimate of drug-likeness (QED) is 0.736. The van der Waals surface area contributed by atoms with Gasteiger partial charge in [-0.25, -0.2) is 17.9 Å². The summed E-state index contributed by atoms with van der Waals surface area (Å²) in [5.74, 6) is -0.643. The number of hydrogen-bond donors (Lipinski definition) is 2. The Labute approximate surface area is 141 Å². The van der Waals surface area contributed by atoms with Gasteiger partial charge < -0.3 is 4.42 Å². The summed E-state index contributed by atoms with van der Waals surface area (Å²) in [7, 11) is -3.79. The van der Waals surface area contributed by atoms with Gasteiger partial charge in [-0.05, 0) is 29.8 Å². The second-order valence-electron chi connectivity index (χ2n) is 4.73. The van der Waals surface area contributed by atoms with Gasteiger partial charge in [-0.15, -0.1) is 0 Å². The number of aromatic nitrogens is 1. The number of rotatable bonds is 4. The first-order chi connectivity index (χ1) is 10.8. The van der Waals surface area contributed by atoms with E-state index in [9.17, 15) is 13.2 Å². The highest BCUT2D eigenvalue weighted by molar-refractivity contribution is 7.89. The minimum absolute atomic E-state index is 0.00740. The summed E-state index contributed by atoms with van der Waals surface area (Å²) >= 11 is 11.8. The molecule has 1 heterocycles. The highest BCUT2D eigenvalue weighted by atomic mass is 35.5. The van der Waals surface area contributed by atoms with Crippen molar-refractivity contribution in [2.24, 2.45) is 0 Å².